The number of ketones is 1. The Morgan fingerprint density at radius 3 is 2.06 bits per heavy atom. The molecule has 0 aromatic heterocycles. The van der Waals surface area contributed by atoms with Crippen molar-refractivity contribution in [2.45, 2.75) is 12.3 Å². The molecule has 5 rings (SSSR count). The van der Waals surface area contributed by atoms with Crippen molar-refractivity contribution in [3.05, 3.63) is 101 Å². The third-order valence-electron chi connectivity index (χ3n) is 6.52. The first-order chi connectivity index (χ1) is 15.6. The monoisotopic (exact) mass is 426 g/mol. The second kappa shape index (κ2) is 8.34. The quantitative estimate of drug-likeness (QED) is 0.582. The van der Waals surface area contributed by atoms with Crippen LogP contribution in [0.15, 0.2) is 78.9 Å². The highest BCUT2D eigenvalue weighted by atomic mass is 16.5. The number of carbonyl (C=O) groups excluding carboxylic acids is 2. The third kappa shape index (κ3) is 3.25. The molecule has 0 N–H and O–H groups in total. The summed E-state index contributed by atoms with van der Waals surface area (Å²) in [7, 11) is 0. The summed E-state index contributed by atoms with van der Waals surface area (Å²) in [5.74, 6) is -0.000930. The fourth-order valence-corrected chi connectivity index (χ4v) is 4.90. The van der Waals surface area contributed by atoms with Gasteiger partial charge in [0.15, 0.2) is 5.78 Å². The maximum absolute atomic E-state index is 14.4. The number of rotatable bonds is 5. The highest BCUT2D eigenvalue weighted by Crippen LogP contribution is 2.50. The molecule has 3 aromatic carbocycles. The maximum atomic E-state index is 14.4. The second-order valence-corrected chi connectivity index (χ2v) is 8.38. The summed E-state index contributed by atoms with van der Waals surface area (Å²) < 4.78 is 5.50. The van der Waals surface area contributed by atoms with Gasteiger partial charge < -0.3 is 4.74 Å². The summed E-state index contributed by atoms with van der Waals surface area (Å²) >= 11 is 0. The number of benzene rings is 3. The first-order valence-corrected chi connectivity index (χ1v) is 11.0. The molecule has 1 saturated heterocycles. The Morgan fingerprint density at radius 2 is 1.50 bits per heavy atom. The molecular formula is C27H26N2O3. The Balaban J connectivity index is 1.75. The minimum absolute atomic E-state index is 0.0112. The summed E-state index contributed by atoms with van der Waals surface area (Å²) in [6, 6.07) is 25.5. The van der Waals surface area contributed by atoms with Crippen LogP contribution in [0, 0.1) is 0 Å². The minimum Gasteiger partial charge on any atom is -0.379 e. The Kier molecular flexibility index (Phi) is 5.37. The van der Waals surface area contributed by atoms with Gasteiger partial charge >= 0.3 is 0 Å². The van der Waals surface area contributed by atoms with Crippen molar-refractivity contribution < 1.29 is 14.3 Å². The number of anilines is 1. The van der Waals surface area contributed by atoms with Gasteiger partial charge in [0.25, 0.3) is 0 Å². The van der Waals surface area contributed by atoms with E-state index in [1.807, 2.05) is 83.8 Å². The fourth-order valence-electron chi connectivity index (χ4n) is 4.90. The van der Waals surface area contributed by atoms with Gasteiger partial charge in [-0.1, -0.05) is 60.7 Å². The van der Waals surface area contributed by atoms with Crippen molar-refractivity contribution in [3.63, 3.8) is 0 Å². The number of nitrogens with zero attached hydrogens (tertiary/aromatic N) is 2. The SMILES string of the molecule is CC(=O)c1ccc2c(c1)C(c1ccccc1)(c1ccccc1)C(=O)N2CN1CCOCC1. The molecule has 32 heavy (non-hydrogen) atoms. The van der Waals surface area contributed by atoms with Gasteiger partial charge in [0.2, 0.25) is 5.91 Å². The summed E-state index contributed by atoms with van der Waals surface area (Å²) in [5, 5.41) is 0. The van der Waals surface area contributed by atoms with Crippen LogP contribution in [0.2, 0.25) is 0 Å². The first kappa shape index (κ1) is 20.6. The molecule has 2 aliphatic rings. The van der Waals surface area contributed by atoms with Crippen molar-refractivity contribution in [1.82, 2.24) is 4.90 Å². The molecule has 162 valence electrons. The van der Waals surface area contributed by atoms with Gasteiger partial charge in [0.1, 0.15) is 5.41 Å². The predicted molar refractivity (Wildman–Crippen MR) is 124 cm³/mol. The number of morpholine rings is 1. The van der Waals surface area contributed by atoms with E-state index in [4.69, 9.17) is 4.74 Å². The van der Waals surface area contributed by atoms with Crippen molar-refractivity contribution in [2.24, 2.45) is 0 Å². The zero-order valence-electron chi connectivity index (χ0n) is 18.2. The van der Waals surface area contributed by atoms with E-state index in [1.165, 1.54) is 0 Å². The molecule has 5 heteroatoms. The van der Waals surface area contributed by atoms with E-state index in [-0.39, 0.29) is 11.7 Å². The molecule has 5 nitrogen and oxygen atoms in total. The molecule has 1 amide bonds. The number of hydrogen-bond acceptors (Lipinski definition) is 4. The summed E-state index contributed by atoms with van der Waals surface area (Å²) in [5.41, 5.74) is 3.14. The van der Waals surface area contributed by atoms with Gasteiger partial charge in [-0.25, -0.2) is 0 Å². The van der Waals surface area contributed by atoms with Crippen LogP contribution >= 0.6 is 0 Å². The predicted octanol–water partition coefficient (Wildman–Crippen LogP) is 3.86. The lowest BCUT2D eigenvalue weighted by Gasteiger charge is -2.33. The first-order valence-electron chi connectivity index (χ1n) is 11.0. The average Bonchev–Trinajstić information content (AvgIpc) is 3.08. The Labute approximate surface area is 188 Å². The molecule has 0 bridgehead atoms. The molecule has 0 saturated carbocycles. The van der Waals surface area contributed by atoms with E-state index < -0.39 is 5.41 Å². The lowest BCUT2D eigenvalue weighted by atomic mass is 9.70. The molecule has 2 aliphatic heterocycles. The van der Waals surface area contributed by atoms with Gasteiger partial charge in [0, 0.05) is 24.2 Å². The van der Waals surface area contributed by atoms with Crippen LogP contribution < -0.4 is 4.90 Å². The van der Waals surface area contributed by atoms with E-state index >= 15 is 0 Å². The van der Waals surface area contributed by atoms with Crippen LogP contribution in [0.4, 0.5) is 5.69 Å². The van der Waals surface area contributed by atoms with Crippen molar-refractivity contribution >= 4 is 17.4 Å². The van der Waals surface area contributed by atoms with E-state index in [9.17, 15) is 9.59 Å². The summed E-state index contributed by atoms with van der Waals surface area (Å²) in [6.45, 7) is 4.97. The van der Waals surface area contributed by atoms with Crippen LogP contribution in [-0.4, -0.2) is 49.6 Å². The van der Waals surface area contributed by atoms with Gasteiger partial charge in [-0.05, 0) is 36.2 Å². The standard InChI is InChI=1S/C27H26N2O3/c1-20(30)21-12-13-25-24(18-21)27(22-8-4-2-5-9-22,23-10-6-3-7-11-23)26(31)29(25)19-28-14-16-32-17-15-28/h2-13,18H,14-17,19H2,1H3. The smallest absolute Gasteiger partial charge is 0.247 e. The van der Waals surface area contributed by atoms with Crippen LogP contribution in [0.5, 0.6) is 0 Å². The molecule has 2 heterocycles. The van der Waals surface area contributed by atoms with E-state index in [2.05, 4.69) is 4.90 Å². The number of fused-ring (bicyclic) bond motifs is 1. The molecular weight excluding hydrogens is 400 g/mol. The normalized spacial score (nSPS) is 17.9. The number of amides is 1. The van der Waals surface area contributed by atoms with Gasteiger partial charge in [0.05, 0.1) is 25.6 Å². The maximum Gasteiger partial charge on any atom is 0.247 e. The lowest BCUT2D eigenvalue weighted by molar-refractivity contribution is -0.121. The summed E-state index contributed by atoms with van der Waals surface area (Å²) in [6.07, 6.45) is 0. The Hall–Kier alpha value is -3.28. The van der Waals surface area contributed by atoms with E-state index in [0.717, 1.165) is 35.5 Å². The third-order valence-corrected chi connectivity index (χ3v) is 6.52. The van der Waals surface area contributed by atoms with E-state index in [1.54, 1.807) is 6.92 Å². The molecule has 0 spiro atoms. The topological polar surface area (TPSA) is 49.9 Å². The number of carbonyl (C=O) groups is 2. The largest absolute Gasteiger partial charge is 0.379 e. The lowest BCUT2D eigenvalue weighted by Crippen LogP contribution is -2.49. The molecule has 0 radical (unpaired) electrons. The van der Waals surface area contributed by atoms with Crippen LogP contribution in [0.3, 0.4) is 0 Å². The fraction of sp³-hybridized carbons (Fsp3) is 0.259. The molecule has 0 atom stereocenters. The number of Topliss-reactive ketones (excluding diaryl/α,β-unsaturated/α-hetero) is 1. The van der Waals surface area contributed by atoms with Gasteiger partial charge in [-0.2, -0.15) is 0 Å². The molecule has 3 aromatic rings. The molecule has 0 aliphatic carbocycles. The zero-order chi connectivity index (χ0) is 22.1. The number of ether oxygens (including phenoxy) is 1. The zero-order valence-corrected chi connectivity index (χ0v) is 18.2. The number of hydrogen-bond donors (Lipinski definition) is 0. The molecule has 1 fully saturated rings. The van der Waals surface area contributed by atoms with Crippen LogP contribution in [-0.2, 0) is 14.9 Å². The van der Waals surface area contributed by atoms with Gasteiger partial charge in [-0.15, -0.1) is 0 Å². The molecule has 0 unspecified atom stereocenters. The second-order valence-electron chi connectivity index (χ2n) is 8.38. The van der Waals surface area contributed by atoms with Crippen molar-refractivity contribution in [2.75, 3.05) is 37.9 Å². The van der Waals surface area contributed by atoms with Crippen LogP contribution in [0.25, 0.3) is 0 Å². The van der Waals surface area contributed by atoms with Crippen molar-refractivity contribution in [1.29, 1.82) is 0 Å². The minimum atomic E-state index is -1.00. The van der Waals surface area contributed by atoms with Gasteiger partial charge in [-0.3, -0.25) is 19.4 Å². The highest BCUT2D eigenvalue weighted by molar-refractivity contribution is 6.13. The van der Waals surface area contributed by atoms with E-state index in [0.29, 0.717) is 25.4 Å². The summed E-state index contributed by atoms with van der Waals surface area (Å²) in [4.78, 5) is 30.8. The van der Waals surface area contributed by atoms with Crippen LogP contribution in [0.1, 0.15) is 34.0 Å². The average molecular weight is 427 g/mol. The highest BCUT2D eigenvalue weighted by Gasteiger charge is 2.53. The Bertz CT molecular complexity index is 1100. The van der Waals surface area contributed by atoms with Crippen molar-refractivity contribution in [3.8, 4) is 0 Å². The Morgan fingerprint density at radius 1 is 0.906 bits per heavy atom.